The minimum Gasteiger partial charge on any atom is -0.293 e. The van der Waals surface area contributed by atoms with Crippen LogP contribution in [0.4, 0.5) is 8.78 Å². The smallest absolute Gasteiger partial charge is 0.173 e. The largest absolute Gasteiger partial charge is 0.293 e. The van der Waals surface area contributed by atoms with Gasteiger partial charge in [0.25, 0.3) is 0 Å². The van der Waals surface area contributed by atoms with E-state index < -0.39 is 11.6 Å². The summed E-state index contributed by atoms with van der Waals surface area (Å²) < 4.78 is 26.3. The molecule has 0 aliphatic heterocycles. The van der Waals surface area contributed by atoms with Crippen LogP contribution < -0.4 is 0 Å². The second-order valence-electron chi connectivity index (χ2n) is 4.44. The van der Waals surface area contributed by atoms with Gasteiger partial charge in [-0.25, -0.2) is 8.78 Å². The van der Waals surface area contributed by atoms with Gasteiger partial charge in [0.15, 0.2) is 5.78 Å². The first kappa shape index (κ1) is 11.1. The summed E-state index contributed by atoms with van der Waals surface area (Å²) in [6.07, 6.45) is 0.631. The summed E-state index contributed by atoms with van der Waals surface area (Å²) in [6, 6.07) is 10.7. The van der Waals surface area contributed by atoms with Crippen LogP contribution in [0.5, 0.6) is 0 Å². The zero-order chi connectivity index (χ0) is 12.7. The highest BCUT2D eigenvalue weighted by Gasteiger charge is 2.33. The van der Waals surface area contributed by atoms with Gasteiger partial charge in [-0.3, -0.25) is 4.79 Å². The molecule has 18 heavy (non-hydrogen) atoms. The maximum Gasteiger partial charge on any atom is 0.173 e. The Morgan fingerprint density at radius 1 is 1.11 bits per heavy atom. The molecule has 1 atom stereocenters. The second-order valence-corrected chi connectivity index (χ2v) is 4.44. The molecular weight excluding hydrogens is 234 g/mol. The first-order valence-corrected chi connectivity index (χ1v) is 5.74. The van der Waals surface area contributed by atoms with Crippen molar-refractivity contribution in [2.45, 2.75) is 12.3 Å². The number of hydrogen-bond donors (Lipinski definition) is 0. The predicted octanol–water partition coefficient (Wildman–Crippen LogP) is 3.49. The molecule has 3 heteroatoms. The summed E-state index contributed by atoms with van der Waals surface area (Å²) in [5.41, 5.74) is 2.04. The molecule has 2 aromatic carbocycles. The third-order valence-corrected chi connectivity index (χ3v) is 3.37. The van der Waals surface area contributed by atoms with Gasteiger partial charge in [-0.2, -0.15) is 0 Å². The highest BCUT2D eigenvalue weighted by molar-refractivity contribution is 6.02. The highest BCUT2D eigenvalue weighted by Crippen LogP contribution is 2.37. The molecule has 1 unspecified atom stereocenters. The number of benzene rings is 2. The molecule has 0 bridgehead atoms. The number of rotatable bonds is 2. The highest BCUT2D eigenvalue weighted by atomic mass is 19.1. The van der Waals surface area contributed by atoms with Crippen LogP contribution in [0.1, 0.15) is 27.4 Å². The summed E-state index contributed by atoms with van der Waals surface area (Å²) in [5, 5.41) is 0. The molecule has 0 radical (unpaired) electrons. The Morgan fingerprint density at radius 2 is 1.89 bits per heavy atom. The predicted molar refractivity (Wildman–Crippen MR) is 63.6 cm³/mol. The molecule has 0 spiro atoms. The van der Waals surface area contributed by atoms with Gasteiger partial charge < -0.3 is 0 Å². The van der Waals surface area contributed by atoms with Gasteiger partial charge in [0, 0.05) is 6.07 Å². The lowest BCUT2D eigenvalue weighted by atomic mass is 9.74. The standard InChI is InChI=1S/C15H10F2O/c16-10-5-6-12(14(17)8-10)15(18)13-7-9-3-1-2-4-11(9)13/h1-6,8,13H,7H2. The van der Waals surface area contributed by atoms with E-state index >= 15 is 0 Å². The number of Topliss-reactive ketones (excluding diaryl/α,β-unsaturated/α-hetero) is 1. The van der Waals surface area contributed by atoms with Crippen LogP contribution in [0.2, 0.25) is 0 Å². The molecule has 0 amide bonds. The molecule has 90 valence electrons. The Morgan fingerprint density at radius 3 is 2.61 bits per heavy atom. The van der Waals surface area contributed by atoms with Gasteiger partial charge >= 0.3 is 0 Å². The van der Waals surface area contributed by atoms with E-state index in [0.717, 1.165) is 23.3 Å². The van der Waals surface area contributed by atoms with E-state index in [2.05, 4.69) is 0 Å². The van der Waals surface area contributed by atoms with Crippen molar-refractivity contribution in [1.82, 2.24) is 0 Å². The molecular formula is C15H10F2O. The number of carbonyl (C=O) groups is 1. The number of fused-ring (bicyclic) bond motifs is 1. The maximum atomic E-state index is 13.5. The van der Waals surface area contributed by atoms with Crippen LogP contribution >= 0.6 is 0 Å². The SMILES string of the molecule is O=C(c1ccc(F)cc1F)C1Cc2ccccc21. The number of ketones is 1. The molecule has 0 fully saturated rings. The third kappa shape index (κ3) is 1.63. The van der Waals surface area contributed by atoms with E-state index in [4.69, 9.17) is 0 Å². The molecule has 1 aliphatic carbocycles. The lowest BCUT2D eigenvalue weighted by Gasteiger charge is -2.28. The van der Waals surface area contributed by atoms with Crippen LogP contribution in [-0.4, -0.2) is 5.78 Å². The Kier molecular flexibility index (Phi) is 2.47. The van der Waals surface area contributed by atoms with Gasteiger partial charge in [0.2, 0.25) is 0 Å². The average Bonchev–Trinajstić information content (AvgIpc) is 2.30. The molecule has 1 nitrogen and oxygen atoms in total. The molecule has 0 aromatic heterocycles. The Balaban J connectivity index is 1.94. The quantitative estimate of drug-likeness (QED) is 0.739. The molecule has 1 aliphatic rings. The van der Waals surface area contributed by atoms with Crippen LogP contribution in [0, 0.1) is 11.6 Å². The van der Waals surface area contributed by atoms with Crippen LogP contribution in [-0.2, 0) is 6.42 Å². The lowest BCUT2D eigenvalue weighted by molar-refractivity contribution is 0.0945. The van der Waals surface area contributed by atoms with Gasteiger partial charge in [-0.05, 0) is 29.7 Å². The van der Waals surface area contributed by atoms with Crippen molar-refractivity contribution in [3.63, 3.8) is 0 Å². The van der Waals surface area contributed by atoms with E-state index in [-0.39, 0.29) is 17.3 Å². The summed E-state index contributed by atoms with van der Waals surface area (Å²) in [6.45, 7) is 0. The summed E-state index contributed by atoms with van der Waals surface area (Å²) >= 11 is 0. The Bertz CT molecular complexity index is 634. The van der Waals surface area contributed by atoms with Crippen molar-refractivity contribution in [3.05, 3.63) is 70.8 Å². The molecule has 0 N–H and O–H groups in total. The first-order valence-electron chi connectivity index (χ1n) is 5.74. The Labute approximate surface area is 103 Å². The van der Waals surface area contributed by atoms with Gasteiger partial charge in [-0.15, -0.1) is 0 Å². The topological polar surface area (TPSA) is 17.1 Å². The van der Waals surface area contributed by atoms with E-state index in [1.165, 1.54) is 6.07 Å². The molecule has 2 aromatic rings. The van der Waals surface area contributed by atoms with E-state index in [1.54, 1.807) is 0 Å². The van der Waals surface area contributed by atoms with Crippen molar-refractivity contribution < 1.29 is 13.6 Å². The van der Waals surface area contributed by atoms with Crippen molar-refractivity contribution >= 4 is 5.78 Å². The minimum atomic E-state index is -0.788. The number of carbonyl (C=O) groups excluding carboxylic acids is 1. The van der Waals surface area contributed by atoms with E-state index in [1.807, 2.05) is 24.3 Å². The first-order chi connectivity index (χ1) is 8.66. The van der Waals surface area contributed by atoms with Crippen molar-refractivity contribution in [2.75, 3.05) is 0 Å². The molecule has 0 saturated heterocycles. The zero-order valence-corrected chi connectivity index (χ0v) is 9.49. The summed E-state index contributed by atoms with van der Waals surface area (Å²) in [5.74, 6) is -2.02. The fourth-order valence-electron chi connectivity index (χ4n) is 2.37. The van der Waals surface area contributed by atoms with Crippen LogP contribution in [0.3, 0.4) is 0 Å². The Hall–Kier alpha value is -2.03. The van der Waals surface area contributed by atoms with Crippen molar-refractivity contribution in [1.29, 1.82) is 0 Å². The maximum absolute atomic E-state index is 13.5. The second kappa shape index (κ2) is 4.02. The summed E-state index contributed by atoms with van der Waals surface area (Å²) in [4.78, 5) is 12.2. The fourth-order valence-corrected chi connectivity index (χ4v) is 2.37. The molecule has 0 saturated carbocycles. The number of hydrogen-bond acceptors (Lipinski definition) is 1. The fraction of sp³-hybridized carbons (Fsp3) is 0.133. The lowest BCUT2D eigenvalue weighted by Crippen LogP contribution is -2.25. The van der Waals surface area contributed by atoms with Crippen LogP contribution in [0.15, 0.2) is 42.5 Å². The van der Waals surface area contributed by atoms with Crippen molar-refractivity contribution in [2.24, 2.45) is 0 Å². The zero-order valence-electron chi connectivity index (χ0n) is 9.49. The molecule has 0 heterocycles. The minimum absolute atomic E-state index is 0.0316. The third-order valence-electron chi connectivity index (χ3n) is 3.37. The van der Waals surface area contributed by atoms with Gasteiger partial charge in [0.05, 0.1) is 11.5 Å². The van der Waals surface area contributed by atoms with Gasteiger partial charge in [-0.1, -0.05) is 24.3 Å². The van der Waals surface area contributed by atoms with E-state index in [9.17, 15) is 13.6 Å². The molecule has 3 rings (SSSR count). The van der Waals surface area contributed by atoms with E-state index in [0.29, 0.717) is 6.42 Å². The normalized spacial score (nSPS) is 16.9. The monoisotopic (exact) mass is 244 g/mol. The van der Waals surface area contributed by atoms with Gasteiger partial charge in [0.1, 0.15) is 11.6 Å². The van der Waals surface area contributed by atoms with Crippen molar-refractivity contribution in [3.8, 4) is 0 Å². The summed E-state index contributed by atoms with van der Waals surface area (Å²) in [7, 11) is 0. The van der Waals surface area contributed by atoms with Crippen LogP contribution in [0.25, 0.3) is 0 Å². The average molecular weight is 244 g/mol. The number of halogens is 2.